The van der Waals surface area contributed by atoms with Crippen LogP contribution in [0.3, 0.4) is 0 Å². The number of ether oxygens (including phenoxy) is 1. The van der Waals surface area contributed by atoms with Crippen molar-refractivity contribution in [1.82, 2.24) is 0 Å². The predicted octanol–water partition coefficient (Wildman–Crippen LogP) is 1.69. The van der Waals surface area contributed by atoms with E-state index in [0.29, 0.717) is 11.4 Å². The van der Waals surface area contributed by atoms with E-state index in [4.69, 9.17) is 10.5 Å². The van der Waals surface area contributed by atoms with Gasteiger partial charge in [-0.1, -0.05) is 12.1 Å². The molecule has 0 radical (unpaired) electrons. The highest BCUT2D eigenvalue weighted by molar-refractivity contribution is 8.00. The maximum Gasteiger partial charge on any atom is 0.262 e. The van der Waals surface area contributed by atoms with Crippen molar-refractivity contribution in [2.24, 2.45) is 5.73 Å². The first-order valence-corrected chi connectivity index (χ1v) is 10.4. The van der Waals surface area contributed by atoms with Gasteiger partial charge in [-0.15, -0.1) is 11.8 Å². The van der Waals surface area contributed by atoms with E-state index in [1.807, 2.05) is 0 Å². The minimum absolute atomic E-state index is 0.107. The lowest BCUT2D eigenvalue weighted by Gasteiger charge is -2.11. The minimum Gasteiger partial charge on any atom is -0.484 e. The van der Waals surface area contributed by atoms with Crippen LogP contribution in [0.5, 0.6) is 5.75 Å². The Bertz CT molecular complexity index is 896. The number of thioether (sulfide) groups is 1. The lowest BCUT2D eigenvalue weighted by molar-refractivity contribution is -0.118. The van der Waals surface area contributed by atoms with Crippen molar-refractivity contribution in [3.05, 3.63) is 48.5 Å². The van der Waals surface area contributed by atoms with E-state index in [-0.39, 0.29) is 23.2 Å². The largest absolute Gasteiger partial charge is 0.484 e. The average Bonchev–Trinajstić information content (AvgIpc) is 2.59. The molecule has 0 spiro atoms. The summed E-state index contributed by atoms with van der Waals surface area (Å²) in [6.45, 7) is -0.243. The number of nitrogens with two attached hydrogens (primary N) is 1. The van der Waals surface area contributed by atoms with Gasteiger partial charge < -0.3 is 15.8 Å². The van der Waals surface area contributed by atoms with Crippen molar-refractivity contribution in [1.29, 1.82) is 0 Å². The van der Waals surface area contributed by atoms with Gasteiger partial charge in [-0.05, 0) is 36.4 Å². The maximum absolute atomic E-state index is 12.1. The Morgan fingerprint density at radius 3 is 2.38 bits per heavy atom. The third-order valence-corrected chi connectivity index (χ3v) is 5.38. The third kappa shape index (κ3) is 6.08. The number of amides is 2. The Morgan fingerprint density at radius 2 is 1.77 bits per heavy atom. The molecule has 138 valence electrons. The van der Waals surface area contributed by atoms with Crippen molar-refractivity contribution in [3.8, 4) is 5.75 Å². The van der Waals surface area contributed by atoms with Crippen LogP contribution in [0.2, 0.25) is 0 Å². The average molecular weight is 394 g/mol. The number of carbonyl (C=O) groups excluding carboxylic acids is 2. The zero-order chi connectivity index (χ0) is 19.2. The van der Waals surface area contributed by atoms with Crippen LogP contribution >= 0.6 is 11.8 Å². The predicted molar refractivity (Wildman–Crippen MR) is 100 cm³/mol. The van der Waals surface area contributed by atoms with Gasteiger partial charge in [0.15, 0.2) is 16.4 Å². The number of nitrogens with one attached hydrogen (secondary N) is 1. The molecule has 0 unspecified atom stereocenters. The summed E-state index contributed by atoms with van der Waals surface area (Å²) < 4.78 is 28.2. The molecule has 0 fully saturated rings. The fraction of sp³-hybridized carbons (Fsp3) is 0.176. The molecule has 7 nitrogen and oxygen atoms in total. The molecule has 2 amide bonds. The van der Waals surface area contributed by atoms with Gasteiger partial charge in [0.05, 0.1) is 16.3 Å². The topological polar surface area (TPSA) is 116 Å². The highest BCUT2D eigenvalue weighted by Crippen LogP contribution is 2.26. The Balaban J connectivity index is 1.94. The summed E-state index contributed by atoms with van der Waals surface area (Å²) in [4.78, 5) is 23.9. The SMILES string of the molecule is CS(=O)(=O)c1ccc(OCC(=O)Nc2ccccc2SCC(N)=O)cc1. The first-order valence-electron chi connectivity index (χ1n) is 7.48. The Labute approximate surface area is 155 Å². The van der Waals surface area contributed by atoms with E-state index in [2.05, 4.69) is 5.32 Å². The van der Waals surface area contributed by atoms with Crippen molar-refractivity contribution in [3.63, 3.8) is 0 Å². The smallest absolute Gasteiger partial charge is 0.262 e. The Hall–Kier alpha value is -2.52. The van der Waals surface area contributed by atoms with Gasteiger partial charge in [0.1, 0.15) is 5.75 Å². The van der Waals surface area contributed by atoms with Crippen LogP contribution in [0.15, 0.2) is 58.3 Å². The first-order chi connectivity index (χ1) is 12.3. The number of primary amides is 1. The van der Waals surface area contributed by atoms with E-state index >= 15 is 0 Å². The number of benzene rings is 2. The van der Waals surface area contributed by atoms with E-state index < -0.39 is 15.7 Å². The molecule has 0 bridgehead atoms. The molecule has 0 saturated heterocycles. The summed E-state index contributed by atoms with van der Waals surface area (Å²) in [6.07, 6.45) is 1.12. The molecule has 0 aliphatic heterocycles. The van der Waals surface area contributed by atoms with Gasteiger partial charge in [-0.2, -0.15) is 0 Å². The summed E-state index contributed by atoms with van der Waals surface area (Å²) in [7, 11) is -3.28. The highest BCUT2D eigenvalue weighted by atomic mass is 32.2. The van der Waals surface area contributed by atoms with Crippen LogP contribution in [-0.2, 0) is 19.4 Å². The fourth-order valence-corrected chi connectivity index (χ4v) is 3.34. The highest BCUT2D eigenvalue weighted by Gasteiger charge is 2.10. The number of hydrogen-bond donors (Lipinski definition) is 2. The van der Waals surface area contributed by atoms with Crippen LogP contribution < -0.4 is 15.8 Å². The Morgan fingerprint density at radius 1 is 1.12 bits per heavy atom. The lowest BCUT2D eigenvalue weighted by atomic mass is 10.3. The van der Waals surface area contributed by atoms with Crippen LogP contribution in [-0.4, -0.2) is 38.8 Å². The van der Waals surface area contributed by atoms with Crippen LogP contribution in [0, 0.1) is 0 Å². The van der Waals surface area contributed by atoms with Crippen molar-refractivity contribution < 1.29 is 22.7 Å². The molecule has 0 aliphatic carbocycles. The summed E-state index contributed by atoms with van der Waals surface area (Å²) >= 11 is 1.23. The van der Waals surface area contributed by atoms with Gasteiger partial charge in [0.25, 0.3) is 5.91 Å². The minimum atomic E-state index is -3.28. The molecule has 0 aromatic heterocycles. The second kappa shape index (κ2) is 8.72. The van der Waals surface area contributed by atoms with Gasteiger partial charge in [0, 0.05) is 11.2 Å². The van der Waals surface area contributed by atoms with Crippen LogP contribution in [0.4, 0.5) is 5.69 Å². The number of carbonyl (C=O) groups is 2. The number of sulfone groups is 1. The molecule has 9 heteroatoms. The molecule has 0 heterocycles. The van der Waals surface area contributed by atoms with Crippen LogP contribution in [0.1, 0.15) is 0 Å². The molecule has 2 aromatic carbocycles. The summed E-state index contributed by atoms with van der Waals surface area (Å²) in [6, 6.07) is 12.8. The van der Waals surface area contributed by atoms with E-state index in [9.17, 15) is 18.0 Å². The molecule has 3 N–H and O–H groups in total. The molecule has 2 rings (SSSR count). The normalized spacial score (nSPS) is 11.0. The molecular formula is C17H18N2O5S2. The number of hydrogen-bond acceptors (Lipinski definition) is 6. The van der Waals surface area contributed by atoms with Crippen molar-refractivity contribution >= 4 is 39.1 Å². The number of anilines is 1. The third-order valence-electron chi connectivity index (χ3n) is 3.15. The van der Waals surface area contributed by atoms with Crippen LogP contribution in [0.25, 0.3) is 0 Å². The summed E-state index contributed by atoms with van der Waals surface area (Å²) in [5.74, 6) is -0.346. The first kappa shape index (κ1) is 19.8. The molecule has 2 aromatic rings. The van der Waals surface area contributed by atoms with E-state index in [1.54, 1.807) is 24.3 Å². The lowest BCUT2D eigenvalue weighted by Crippen LogP contribution is -2.20. The second-order valence-electron chi connectivity index (χ2n) is 5.33. The van der Waals surface area contributed by atoms with Gasteiger partial charge in [0.2, 0.25) is 5.91 Å². The number of para-hydroxylation sites is 1. The van der Waals surface area contributed by atoms with Gasteiger partial charge >= 0.3 is 0 Å². The fourth-order valence-electron chi connectivity index (χ4n) is 1.96. The zero-order valence-electron chi connectivity index (χ0n) is 14.0. The maximum atomic E-state index is 12.1. The van der Waals surface area contributed by atoms with Crippen molar-refractivity contribution in [2.75, 3.05) is 23.9 Å². The second-order valence-corrected chi connectivity index (χ2v) is 8.36. The molecule has 0 saturated carbocycles. The molecule has 0 aliphatic rings. The van der Waals surface area contributed by atoms with E-state index in [1.165, 1.54) is 36.0 Å². The zero-order valence-corrected chi connectivity index (χ0v) is 15.6. The quantitative estimate of drug-likeness (QED) is 0.658. The Kier molecular flexibility index (Phi) is 6.64. The number of rotatable bonds is 8. The summed E-state index contributed by atoms with van der Waals surface area (Å²) in [5, 5.41) is 2.71. The molecular weight excluding hydrogens is 376 g/mol. The summed E-state index contributed by atoms with van der Waals surface area (Å²) in [5.41, 5.74) is 5.69. The van der Waals surface area contributed by atoms with Crippen molar-refractivity contribution in [2.45, 2.75) is 9.79 Å². The van der Waals surface area contributed by atoms with E-state index in [0.717, 1.165) is 11.2 Å². The molecule has 0 atom stereocenters. The standard InChI is InChI=1S/C17H18N2O5S2/c1-26(22,23)13-8-6-12(7-9-13)24-10-17(21)19-14-4-2-3-5-15(14)25-11-16(18)20/h2-9H,10-11H2,1H3,(H2,18,20)(H,19,21). The van der Waals surface area contributed by atoms with Gasteiger partial charge in [-0.25, -0.2) is 8.42 Å². The monoisotopic (exact) mass is 394 g/mol. The van der Waals surface area contributed by atoms with Gasteiger partial charge in [-0.3, -0.25) is 9.59 Å². The molecule has 26 heavy (non-hydrogen) atoms.